The van der Waals surface area contributed by atoms with Gasteiger partial charge in [0.05, 0.1) is 19.3 Å². The zero-order valence-electron chi connectivity index (χ0n) is 41.1. The summed E-state index contributed by atoms with van der Waals surface area (Å²) in [6.07, 6.45) is 43.0. The lowest BCUT2D eigenvalue weighted by Gasteiger charge is -2.21. The number of ether oxygens (including phenoxy) is 3. The van der Waals surface area contributed by atoms with Crippen molar-refractivity contribution in [2.45, 2.75) is 285 Å². The van der Waals surface area contributed by atoms with Crippen molar-refractivity contribution in [3.8, 4) is 0 Å². The van der Waals surface area contributed by atoms with Crippen LogP contribution in [0.25, 0.3) is 0 Å². The maximum atomic E-state index is 12.4. The molecule has 0 saturated carbocycles. The lowest BCUT2D eigenvalue weighted by Crippen LogP contribution is -2.27. The van der Waals surface area contributed by atoms with Crippen molar-refractivity contribution in [2.75, 3.05) is 33.4 Å². The number of carbonyl (C=O) groups is 2. The molecule has 0 fully saturated rings. The van der Waals surface area contributed by atoms with Crippen LogP contribution in [0, 0.1) is 11.8 Å². The van der Waals surface area contributed by atoms with Gasteiger partial charge in [0, 0.05) is 25.5 Å². The summed E-state index contributed by atoms with van der Waals surface area (Å²) in [5.74, 6) is 1.45. The Kier molecular flexibility index (Phi) is 44.0. The predicted octanol–water partition coefficient (Wildman–Crippen LogP) is 16.2. The van der Waals surface area contributed by atoms with Crippen LogP contribution in [0.15, 0.2) is 0 Å². The van der Waals surface area contributed by atoms with Gasteiger partial charge in [0.25, 0.3) is 0 Å². The molecule has 0 unspecified atom stereocenters. The molecule has 59 heavy (non-hydrogen) atoms. The van der Waals surface area contributed by atoms with Gasteiger partial charge in [-0.2, -0.15) is 0 Å². The fourth-order valence-electron chi connectivity index (χ4n) is 8.40. The third-order valence-electron chi connectivity index (χ3n) is 12.9. The third-order valence-corrected chi connectivity index (χ3v) is 12.9. The molecule has 6 heteroatoms. The Bertz CT molecular complexity index is 802. The average Bonchev–Trinajstić information content (AvgIpc) is 3.22. The van der Waals surface area contributed by atoms with Gasteiger partial charge in [-0.1, -0.05) is 195 Å². The molecule has 0 aliphatic rings. The highest BCUT2D eigenvalue weighted by Crippen LogP contribution is 2.23. The highest BCUT2D eigenvalue weighted by atomic mass is 16.5. The van der Waals surface area contributed by atoms with Gasteiger partial charge in [-0.05, 0) is 90.6 Å². The van der Waals surface area contributed by atoms with Crippen LogP contribution in [0.3, 0.4) is 0 Å². The summed E-state index contributed by atoms with van der Waals surface area (Å²) < 4.78 is 17.8. The molecular weight excluding hydrogens is 731 g/mol. The molecule has 0 aliphatic heterocycles. The maximum Gasteiger partial charge on any atom is 0.305 e. The summed E-state index contributed by atoms with van der Waals surface area (Å²) in [6.45, 7) is 16.8. The van der Waals surface area contributed by atoms with Crippen LogP contribution >= 0.6 is 0 Å². The first kappa shape index (κ1) is 57.9. The molecule has 0 bridgehead atoms. The SMILES string of the molecule is CCCCCC(CCCCC)CCOC(=O)CCCCCCCCC(CCCCCCCCC(=O)OCCC(CCCCC)CCCCC)OCCCCN(C)C(C)C. The minimum atomic E-state index is 0.00601. The molecule has 0 atom stereocenters. The Hall–Kier alpha value is -1.14. The summed E-state index contributed by atoms with van der Waals surface area (Å²) >= 11 is 0. The largest absolute Gasteiger partial charge is 0.466 e. The van der Waals surface area contributed by atoms with Gasteiger partial charge in [-0.15, -0.1) is 0 Å². The van der Waals surface area contributed by atoms with E-state index >= 15 is 0 Å². The molecule has 0 amide bonds. The Morgan fingerprint density at radius 2 is 0.763 bits per heavy atom. The van der Waals surface area contributed by atoms with Gasteiger partial charge in [-0.3, -0.25) is 9.59 Å². The molecule has 0 aliphatic carbocycles. The number of nitrogens with zero attached hydrogens (tertiary/aromatic N) is 1. The summed E-state index contributed by atoms with van der Waals surface area (Å²) in [4.78, 5) is 27.2. The van der Waals surface area contributed by atoms with Crippen molar-refractivity contribution >= 4 is 11.9 Å². The molecule has 0 saturated heterocycles. The highest BCUT2D eigenvalue weighted by molar-refractivity contribution is 5.69. The second-order valence-electron chi connectivity index (χ2n) is 18.8. The zero-order chi connectivity index (χ0) is 43.4. The van der Waals surface area contributed by atoms with Crippen LogP contribution in [0.2, 0.25) is 0 Å². The van der Waals surface area contributed by atoms with E-state index in [4.69, 9.17) is 14.2 Å². The lowest BCUT2D eigenvalue weighted by molar-refractivity contribution is -0.145. The van der Waals surface area contributed by atoms with Gasteiger partial charge >= 0.3 is 11.9 Å². The summed E-state index contributed by atoms with van der Waals surface area (Å²) in [6, 6.07) is 0.595. The maximum absolute atomic E-state index is 12.4. The van der Waals surface area contributed by atoms with E-state index in [1.807, 2.05) is 0 Å². The number of hydrogen-bond donors (Lipinski definition) is 0. The molecule has 0 spiro atoms. The van der Waals surface area contributed by atoms with Gasteiger partial charge in [-0.25, -0.2) is 0 Å². The van der Waals surface area contributed by atoms with Crippen molar-refractivity contribution in [1.29, 1.82) is 0 Å². The minimum absolute atomic E-state index is 0.00601. The van der Waals surface area contributed by atoms with Crippen molar-refractivity contribution in [2.24, 2.45) is 11.8 Å². The van der Waals surface area contributed by atoms with Gasteiger partial charge in [0.2, 0.25) is 0 Å². The van der Waals surface area contributed by atoms with E-state index in [0.29, 0.717) is 38.2 Å². The first-order valence-electron chi connectivity index (χ1n) is 26.4. The third kappa shape index (κ3) is 40.7. The number of esters is 2. The van der Waals surface area contributed by atoms with Gasteiger partial charge in [0.1, 0.15) is 0 Å². The second-order valence-corrected chi connectivity index (χ2v) is 18.8. The Labute approximate surface area is 369 Å². The number of unbranched alkanes of at least 4 members (excludes halogenated alkanes) is 19. The highest BCUT2D eigenvalue weighted by Gasteiger charge is 2.13. The first-order valence-corrected chi connectivity index (χ1v) is 26.4. The standard InChI is InChI=1S/C53H105NO5/c1-8-12-24-34-49(35-25-13-9-2)42-46-58-52(55)40-30-22-18-16-20-28-38-51(57-45-33-32-44-54(7)48(5)6)39-29-21-17-19-23-31-41-53(56)59-47-43-50(36-26-14-10-3)37-27-15-11-4/h48-51H,8-47H2,1-7H3. The van der Waals surface area contributed by atoms with Gasteiger partial charge < -0.3 is 19.1 Å². The molecule has 0 radical (unpaired) electrons. The monoisotopic (exact) mass is 836 g/mol. The molecule has 352 valence electrons. The summed E-state index contributed by atoms with van der Waals surface area (Å²) in [5.41, 5.74) is 0. The quantitative estimate of drug-likeness (QED) is 0.0449. The van der Waals surface area contributed by atoms with E-state index < -0.39 is 0 Å². The van der Waals surface area contributed by atoms with Crippen molar-refractivity contribution in [1.82, 2.24) is 4.90 Å². The molecule has 0 aromatic heterocycles. The molecule has 0 heterocycles. The topological polar surface area (TPSA) is 65.1 Å². The van der Waals surface area contributed by atoms with E-state index in [1.165, 1.54) is 161 Å². The van der Waals surface area contributed by atoms with Crippen molar-refractivity contribution in [3.63, 3.8) is 0 Å². The van der Waals surface area contributed by atoms with E-state index in [9.17, 15) is 9.59 Å². The Morgan fingerprint density at radius 3 is 1.14 bits per heavy atom. The number of rotatable bonds is 47. The lowest BCUT2D eigenvalue weighted by atomic mass is 9.92. The van der Waals surface area contributed by atoms with E-state index in [-0.39, 0.29) is 11.9 Å². The predicted molar refractivity (Wildman–Crippen MR) is 255 cm³/mol. The van der Waals surface area contributed by atoms with Gasteiger partial charge in [0.15, 0.2) is 0 Å². The molecular formula is C53H105NO5. The Morgan fingerprint density at radius 1 is 0.407 bits per heavy atom. The van der Waals surface area contributed by atoms with Crippen LogP contribution < -0.4 is 0 Å². The summed E-state index contributed by atoms with van der Waals surface area (Å²) in [7, 11) is 2.22. The van der Waals surface area contributed by atoms with Crippen LogP contribution in [0.4, 0.5) is 0 Å². The fourth-order valence-corrected chi connectivity index (χ4v) is 8.40. The smallest absolute Gasteiger partial charge is 0.305 e. The second kappa shape index (κ2) is 44.9. The fraction of sp³-hybridized carbons (Fsp3) is 0.962. The van der Waals surface area contributed by atoms with Crippen LogP contribution in [-0.2, 0) is 23.8 Å². The van der Waals surface area contributed by atoms with Crippen LogP contribution in [0.5, 0.6) is 0 Å². The normalized spacial score (nSPS) is 11.9. The molecule has 0 aromatic rings. The van der Waals surface area contributed by atoms with Crippen LogP contribution in [-0.4, -0.2) is 62.4 Å². The van der Waals surface area contributed by atoms with Crippen molar-refractivity contribution in [3.05, 3.63) is 0 Å². The molecule has 6 nitrogen and oxygen atoms in total. The van der Waals surface area contributed by atoms with Crippen molar-refractivity contribution < 1.29 is 23.8 Å². The minimum Gasteiger partial charge on any atom is -0.466 e. The number of hydrogen-bond acceptors (Lipinski definition) is 6. The number of carbonyl (C=O) groups excluding carboxylic acids is 2. The molecule has 0 aromatic carbocycles. The average molecular weight is 836 g/mol. The van der Waals surface area contributed by atoms with Crippen LogP contribution in [0.1, 0.15) is 273 Å². The molecule has 0 N–H and O–H groups in total. The van der Waals surface area contributed by atoms with E-state index in [0.717, 1.165) is 82.8 Å². The zero-order valence-corrected chi connectivity index (χ0v) is 41.1. The van der Waals surface area contributed by atoms with E-state index in [1.54, 1.807) is 0 Å². The summed E-state index contributed by atoms with van der Waals surface area (Å²) in [5, 5.41) is 0. The molecule has 0 rings (SSSR count). The van der Waals surface area contributed by atoms with E-state index in [2.05, 4.69) is 53.5 Å². The first-order chi connectivity index (χ1) is 28.8. The Balaban J connectivity index is 4.28.